The van der Waals surface area contributed by atoms with Gasteiger partial charge in [-0.05, 0) is 27.2 Å². The fourth-order valence-corrected chi connectivity index (χ4v) is 2.17. The van der Waals surface area contributed by atoms with Crippen LogP contribution in [0.1, 0.15) is 33.6 Å². The van der Waals surface area contributed by atoms with E-state index in [4.69, 9.17) is 4.74 Å². The lowest BCUT2D eigenvalue weighted by Crippen LogP contribution is -2.56. The third-order valence-corrected chi connectivity index (χ3v) is 3.25. The summed E-state index contributed by atoms with van der Waals surface area (Å²) >= 11 is 0. The molecule has 1 amide bonds. The average Bonchev–Trinajstić information content (AvgIpc) is 2.04. The summed E-state index contributed by atoms with van der Waals surface area (Å²) in [6.45, 7) is 6.95. The lowest BCUT2D eigenvalue weighted by molar-refractivity contribution is -0.135. The summed E-state index contributed by atoms with van der Waals surface area (Å²) in [5, 5.41) is 0. The average molecular weight is 225 g/mol. The van der Waals surface area contributed by atoms with Crippen LogP contribution < -0.4 is 0 Å². The second-order valence-corrected chi connectivity index (χ2v) is 5.76. The van der Waals surface area contributed by atoms with E-state index in [1.807, 2.05) is 20.8 Å². The van der Waals surface area contributed by atoms with Crippen LogP contribution in [0.5, 0.6) is 0 Å². The van der Waals surface area contributed by atoms with Crippen molar-refractivity contribution < 1.29 is 14.3 Å². The van der Waals surface area contributed by atoms with E-state index in [0.29, 0.717) is 24.8 Å². The van der Waals surface area contributed by atoms with Gasteiger partial charge in [0.25, 0.3) is 0 Å². The zero-order chi connectivity index (χ0) is 11.9. The summed E-state index contributed by atoms with van der Waals surface area (Å²) in [6, 6.07) is 0. The summed E-state index contributed by atoms with van der Waals surface area (Å²) < 4.78 is 5.25. The number of ether oxygens (including phenoxy) is 1. The van der Waals surface area contributed by atoms with Gasteiger partial charge in [-0.25, -0.2) is 4.79 Å². The molecule has 0 aromatic rings. The molecule has 1 atom stereocenters. The topological polar surface area (TPSA) is 46.6 Å². The minimum atomic E-state index is -0.436. The first-order valence-corrected chi connectivity index (χ1v) is 5.87. The SMILES string of the molecule is CC(C)(C)OC(=O)N1CC(C2CCC2=O)C1. The normalized spacial score (nSPS) is 26.1. The lowest BCUT2D eigenvalue weighted by Gasteiger charge is -2.45. The predicted molar refractivity (Wildman–Crippen MR) is 59.0 cm³/mol. The van der Waals surface area contributed by atoms with Crippen molar-refractivity contribution in [3.05, 3.63) is 0 Å². The number of carbonyl (C=O) groups is 2. The van der Waals surface area contributed by atoms with Gasteiger partial charge >= 0.3 is 6.09 Å². The lowest BCUT2D eigenvalue weighted by atomic mass is 9.71. The number of rotatable bonds is 1. The van der Waals surface area contributed by atoms with Crippen molar-refractivity contribution in [2.45, 2.75) is 39.2 Å². The van der Waals surface area contributed by atoms with Gasteiger partial charge < -0.3 is 9.64 Å². The molecule has 1 unspecified atom stereocenters. The van der Waals surface area contributed by atoms with Crippen LogP contribution in [0.15, 0.2) is 0 Å². The first-order valence-electron chi connectivity index (χ1n) is 5.87. The third-order valence-electron chi connectivity index (χ3n) is 3.25. The molecule has 0 bridgehead atoms. The first-order chi connectivity index (χ1) is 7.37. The van der Waals surface area contributed by atoms with Crippen LogP contribution in [-0.4, -0.2) is 35.5 Å². The molecule has 0 spiro atoms. The van der Waals surface area contributed by atoms with Crippen molar-refractivity contribution >= 4 is 11.9 Å². The van der Waals surface area contributed by atoms with Gasteiger partial charge in [0.05, 0.1) is 0 Å². The monoisotopic (exact) mass is 225 g/mol. The molecule has 0 aromatic carbocycles. The van der Waals surface area contributed by atoms with Crippen LogP contribution in [0.2, 0.25) is 0 Å². The molecule has 4 heteroatoms. The van der Waals surface area contributed by atoms with Crippen LogP contribution >= 0.6 is 0 Å². The van der Waals surface area contributed by atoms with Gasteiger partial charge in [0.15, 0.2) is 0 Å². The molecule has 1 aliphatic carbocycles. The van der Waals surface area contributed by atoms with E-state index in [0.717, 1.165) is 12.8 Å². The molecule has 2 aliphatic rings. The highest BCUT2D eigenvalue weighted by molar-refractivity contribution is 5.87. The predicted octanol–water partition coefficient (Wildman–Crippen LogP) is 1.83. The van der Waals surface area contributed by atoms with E-state index >= 15 is 0 Å². The molecular weight excluding hydrogens is 206 g/mol. The second-order valence-electron chi connectivity index (χ2n) is 5.76. The van der Waals surface area contributed by atoms with E-state index < -0.39 is 5.60 Å². The molecule has 1 saturated heterocycles. The van der Waals surface area contributed by atoms with E-state index in [1.54, 1.807) is 4.90 Å². The minimum absolute atomic E-state index is 0.221. The molecule has 2 fully saturated rings. The van der Waals surface area contributed by atoms with Crippen LogP contribution in [-0.2, 0) is 9.53 Å². The second kappa shape index (κ2) is 3.75. The Hall–Kier alpha value is -1.06. The van der Waals surface area contributed by atoms with E-state index in [9.17, 15) is 9.59 Å². The molecule has 4 nitrogen and oxygen atoms in total. The van der Waals surface area contributed by atoms with Crippen LogP contribution in [0.4, 0.5) is 4.79 Å². The van der Waals surface area contributed by atoms with Gasteiger partial charge in [0, 0.05) is 31.3 Å². The number of amides is 1. The Bertz CT molecular complexity index is 313. The first kappa shape index (κ1) is 11.4. The largest absolute Gasteiger partial charge is 0.444 e. The summed E-state index contributed by atoms with van der Waals surface area (Å²) in [5.74, 6) is 0.973. The Kier molecular flexibility index (Phi) is 2.68. The molecule has 16 heavy (non-hydrogen) atoms. The maximum atomic E-state index is 11.6. The summed E-state index contributed by atoms with van der Waals surface area (Å²) in [5.41, 5.74) is -0.436. The maximum absolute atomic E-state index is 11.6. The highest BCUT2D eigenvalue weighted by Gasteiger charge is 2.44. The van der Waals surface area contributed by atoms with Gasteiger partial charge in [-0.15, -0.1) is 0 Å². The third kappa shape index (κ3) is 2.20. The van der Waals surface area contributed by atoms with Crippen molar-refractivity contribution in [1.29, 1.82) is 0 Å². The van der Waals surface area contributed by atoms with Crippen molar-refractivity contribution in [3.63, 3.8) is 0 Å². The quantitative estimate of drug-likeness (QED) is 0.684. The van der Waals surface area contributed by atoms with Crippen molar-refractivity contribution in [2.75, 3.05) is 13.1 Å². The number of nitrogens with zero attached hydrogens (tertiary/aromatic N) is 1. The van der Waals surface area contributed by atoms with Crippen LogP contribution in [0, 0.1) is 11.8 Å². The summed E-state index contributed by atoms with van der Waals surface area (Å²) in [6.07, 6.45) is 1.48. The van der Waals surface area contributed by atoms with E-state index in [1.165, 1.54) is 0 Å². The highest BCUT2D eigenvalue weighted by Crippen LogP contribution is 2.35. The van der Waals surface area contributed by atoms with Crippen molar-refractivity contribution in [1.82, 2.24) is 4.90 Å². The highest BCUT2D eigenvalue weighted by atomic mass is 16.6. The smallest absolute Gasteiger partial charge is 0.410 e. The van der Waals surface area contributed by atoms with Gasteiger partial charge in [0.1, 0.15) is 11.4 Å². The van der Waals surface area contributed by atoms with Gasteiger partial charge in [-0.2, -0.15) is 0 Å². The molecule has 0 N–H and O–H groups in total. The number of likely N-dealkylation sites (tertiary alicyclic amines) is 1. The summed E-state index contributed by atoms with van der Waals surface area (Å²) in [4.78, 5) is 24.5. The molecule has 2 rings (SSSR count). The van der Waals surface area contributed by atoms with Crippen molar-refractivity contribution in [3.8, 4) is 0 Å². The maximum Gasteiger partial charge on any atom is 0.410 e. The Labute approximate surface area is 95.9 Å². The molecule has 0 aromatic heterocycles. The Morgan fingerprint density at radius 1 is 1.38 bits per heavy atom. The fourth-order valence-electron chi connectivity index (χ4n) is 2.17. The number of carbonyl (C=O) groups excluding carboxylic acids is 2. The Balaban J connectivity index is 1.75. The zero-order valence-electron chi connectivity index (χ0n) is 10.2. The number of hydrogen-bond acceptors (Lipinski definition) is 3. The molecule has 90 valence electrons. The fraction of sp³-hybridized carbons (Fsp3) is 0.833. The molecule has 1 saturated carbocycles. The number of ketones is 1. The molecule has 1 aliphatic heterocycles. The molecular formula is C12H19NO3. The van der Waals surface area contributed by atoms with Gasteiger partial charge in [-0.3, -0.25) is 4.79 Å². The minimum Gasteiger partial charge on any atom is -0.444 e. The van der Waals surface area contributed by atoms with Gasteiger partial charge in [-0.1, -0.05) is 0 Å². The zero-order valence-corrected chi connectivity index (χ0v) is 10.2. The summed E-state index contributed by atoms with van der Waals surface area (Å²) in [7, 11) is 0. The van der Waals surface area contributed by atoms with Crippen LogP contribution in [0.25, 0.3) is 0 Å². The Morgan fingerprint density at radius 2 is 2.00 bits per heavy atom. The number of hydrogen-bond donors (Lipinski definition) is 0. The standard InChI is InChI=1S/C12H19NO3/c1-12(2,3)16-11(15)13-6-8(7-13)9-4-5-10(9)14/h8-9H,4-7H2,1-3H3. The molecule has 0 radical (unpaired) electrons. The van der Waals surface area contributed by atoms with E-state index in [-0.39, 0.29) is 12.0 Å². The van der Waals surface area contributed by atoms with Crippen molar-refractivity contribution in [2.24, 2.45) is 11.8 Å². The van der Waals surface area contributed by atoms with Gasteiger partial charge in [0.2, 0.25) is 0 Å². The molecule has 1 heterocycles. The van der Waals surface area contributed by atoms with Crippen LogP contribution in [0.3, 0.4) is 0 Å². The Morgan fingerprint density at radius 3 is 2.38 bits per heavy atom. The number of Topliss-reactive ketones (excluding diaryl/α,β-unsaturated/α-hetero) is 1. The van der Waals surface area contributed by atoms with E-state index in [2.05, 4.69) is 0 Å².